The van der Waals surface area contributed by atoms with Gasteiger partial charge in [-0.3, -0.25) is 4.79 Å². The first kappa shape index (κ1) is 12.5. The average Bonchev–Trinajstić information content (AvgIpc) is 2.19. The van der Waals surface area contributed by atoms with Crippen LogP contribution in [0.3, 0.4) is 0 Å². The van der Waals surface area contributed by atoms with Crippen LogP contribution in [-0.4, -0.2) is 17.1 Å². The molecular weight excluding hydrogens is 204 g/mol. The van der Waals surface area contributed by atoms with E-state index in [1.165, 1.54) is 12.1 Å². The number of benzene rings is 1. The lowest BCUT2D eigenvalue weighted by Crippen LogP contribution is -2.45. The number of phenolic OH excluding ortho intramolecular Hbond substituents is 1. The van der Waals surface area contributed by atoms with Crippen LogP contribution in [0, 0.1) is 5.41 Å². The van der Waals surface area contributed by atoms with Gasteiger partial charge in [-0.05, 0) is 29.7 Å². The number of phenols is 1. The van der Waals surface area contributed by atoms with Crippen molar-refractivity contribution < 1.29 is 9.90 Å². The van der Waals surface area contributed by atoms with Gasteiger partial charge in [0.05, 0.1) is 6.04 Å². The molecule has 0 aliphatic rings. The highest BCUT2D eigenvalue weighted by Crippen LogP contribution is 2.19. The number of amides is 1. The first-order valence-corrected chi connectivity index (χ1v) is 5.16. The molecule has 1 atom stereocenters. The number of anilines is 1. The Balaban J connectivity index is 2.68. The molecule has 1 aromatic carbocycles. The predicted molar refractivity (Wildman–Crippen MR) is 64.2 cm³/mol. The highest BCUT2D eigenvalue weighted by atomic mass is 16.3. The lowest BCUT2D eigenvalue weighted by Gasteiger charge is -2.25. The van der Waals surface area contributed by atoms with E-state index >= 15 is 0 Å². The fraction of sp³-hybridized carbons (Fsp3) is 0.417. The lowest BCUT2D eigenvalue weighted by molar-refractivity contribution is -0.119. The summed E-state index contributed by atoms with van der Waals surface area (Å²) in [5, 5.41) is 11.8. The number of aromatic hydroxyl groups is 1. The summed E-state index contributed by atoms with van der Waals surface area (Å²) in [4.78, 5) is 11.7. The molecule has 0 aromatic heterocycles. The number of rotatable bonds is 2. The standard InChI is InChI=1S/C12H18N2O2/c1-12(2,3)10(13)11(16)14-8-4-6-9(15)7-5-8/h4-7,10,15H,13H2,1-3H3,(H,14,16)/t10-/m1/s1. The van der Waals surface area contributed by atoms with Crippen molar-refractivity contribution in [3.63, 3.8) is 0 Å². The smallest absolute Gasteiger partial charge is 0.241 e. The Hall–Kier alpha value is -1.55. The maximum absolute atomic E-state index is 11.7. The fourth-order valence-corrected chi connectivity index (χ4v) is 1.16. The summed E-state index contributed by atoms with van der Waals surface area (Å²) in [5.41, 5.74) is 6.16. The van der Waals surface area contributed by atoms with Crippen LogP contribution in [0.1, 0.15) is 20.8 Å². The van der Waals surface area contributed by atoms with E-state index in [2.05, 4.69) is 5.32 Å². The first-order valence-electron chi connectivity index (χ1n) is 5.16. The van der Waals surface area contributed by atoms with Crippen LogP contribution in [0.4, 0.5) is 5.69 Å². The van der Waals surface area contributed by atoms with Crippen molar-refractivity contribution in [1.82, 2.24) is 0 Å². The molecule has 1 aromatic rings. The Bertz CT molecular complexity index is 366. The van der Waals surface area contributed by atoms with Crippen LogP contribution in [0.2, 0.25) is 0 Å². The number of hydrogen-bond donors (Lipinski definition) is 3. The minimum atomic E-state index is -0.568. The molecule has 0 bridgehead atoms. The topological polar surface area (TPSA) is 75.4 Å². The van der Waals surface area contributed by atoms with Crippen molar-refractivity contribution in [2.75, 3.05) is 5.32 Å². The van der Waals surface area contributed by atoms with Gasteiger partial charge in [-0.25, -0.2) is 0 Å². The van der Waals surface area contributed by atoms with Crippen LogP contribution in [0.15, 0.2) is 24.3 Å². The SMILES string of the molecule is CC(C)(C)[C@H](N)C(=O)Nc1ccc(O)cc1. The Morgan fingerprint density at radius 2 is 1.81 bits per heavy atom. The van der Waals surface area contributed by atoms with Crippen molar-refractivity contribution in [3.8, 4) is 5.75 Å². The van der Waals surface area contributed by atoms with Gasteiger partial charge in [0.2, 0.25) is 5.91 Å². The maximum Gasteiger partial charge on any atom is 0.241 e. The van der Waals surface area contributed by atoms with Gasteiger partial charge in [0.15, 0.2) is 0 Å². The van der Waals surface area contributed by atoms with Gasteiger partial charge in [-0.2, -0.15) is 0 Å². The lowest BCUT2D eigenvalue weighted by atomic mass is 9.87. The van der Waals surface area contributed by atoms with Crippen LogP contribution >= 0.6 is 0 Å². The number of carbonyl (C=O) groups is 1. The van der Waals surface area contributed by atoms with Crippen molar-refractivity contribution in [3.05, 3.63) is 24.3 Å². The second kappa shape index (κ2) is 4.53. The zero-order valence-corrected chi connectivity index (χ0v) is 9.82. The third-order valence-electron chi connectivity index (χ3n) is 2.35. The van der Waals surface area contributed by atoms with E-state index in [1.54, 1.807) is 12.1 Å². The summed E-state index contributed by atoms with van der Waals surface area (Å²) in [6, 6.07) is 5.71. The van der Waals surface area contributed by atoms with Crippen molar-refractivity contribution in [2.45, 2.75) is 26.8 Å². The van der Waals surface area contributed by atoms with Gasteiger partial charge >= 0.3 is 0 Å². The van der Waals surface area contributed by atoms with E-state index in [1.807, 2.05) is 20.8 Å². The molecule has 0 saturated carbocycles. The van der Waals surface area contributed by atoms with Crippen LogP contribution in [0.25, 0.3) is 0 Å². The summed E-state index contributed by atoms with van der Waals surface area (Å²) in [6.07, 6.45) is 0. The summed E-state index contributed by atoms with van der Waals surface area (Å²) in [7, 11) is 0. The van der Waals surface area contributed by atoms with Gasteiger partial charge in [0.1, 0.15) is 5.75 Å². The summed E-state index contributed by atoms with van der Waals surface area (Å²) < 4.78 is 0. The molecule has 0 aliphatic carbocycles. The molecular formula is C12H18N2O2. The van der Waals surface area contributed by atoms with Gasteiger partial charge in [-0.15, -0.1) is 0 Å². The number of nitrogens with two attached hydrogens (primary N) is 1. The largest absolute Gasteiger partial charge is 0.508 e. The molecule has 0 fully saturated rings. The number of carbonyl (C=O) groups excluding carboxylic acids is 1. The average molecular weight is 222 g/mol. The molecule has 88 valence electrons. The van der Waals surface area contributed by atoms with Crippen molar-refractivity contribution >= 4 is 11.6 Å². The quantitative estimate of drug-likeness (QED) is 0.667. The van der Waals surface area contributed by atoms with Gasteiger partial charge in [-0.1, -0.05) is 20.8 Å². The molecule has 0 saturated heterocycles. The van der Waals surface area contributed by atoms with E-state index in [0.717, 1.165) is 0 Å². The molecule has 0 heterocycles. The maximum atomic E-state index is 11.7. The van der Waals surface area contributed by atoms with E-state index in [4.69, 9.17) is 10.8 Å². The van der Waals surface area contributed by atoms with Crippen LogP contribution < -0.4 is 11.1 Å². The third-order valence-corrected chi connectivity index (χ3v) is 2.35. The van der Waals surface area contributed by atoms with E-state index in [0.29, 0.717) is 5.69 Å². The van der Waals surface area contributed by atoms with Crippen LogP contribution in [-0.2, 0) is 4.79 Å². The molecule has 4 nitrogen and oxygen atoms in total. The molecule has 0 unspecified atom stereocenters. The number of hydrogen-bond acceptors (Lipinski definition) is 3. The minimum Gasteiger partial charge on any atom is -0.508 e. The second-order valence-corrected chi connectivity index (χ2v) is 4.88. The molecule has 0 spiro atoms. The summed E-state index contributed by atoms with van der Waals surface area (Å²) in [6.45, 7) is 5.73. The molecule has 0 aliphatic heterocycles. The van der Waals surface area contributed by atoms with E-state index < -0.39 is 6.04 Å². The Morgan fingerprint density at radius 1 is 1.31 bits per heavy atom. The zero-order valence-electron chi connectivity index (χ0n) is 9.82. The molecule has 16 heavy (non-hydrogen) atoms. The molecule has 0 radical (unpaired) electrons. The molecule has 4 N–H and O–H groups in total. The molecule has 1 amide bonds. The van der Waals surface area contributed by atoms with E-state index in [9.17, 15) is 4.79 Å². The first-order chi connectivity index (χ1) is 7.30. The summed E-state index contributed by atoms with van der Waals surface area (Å²) >= 11 is 0. The van der Waals surface area contributed by atoms with Gasteiger partial charge < -0.3 is 16.2 Å². The monoisotopic (exact) mass is 222 g/mol. The number of nitrogens with one attached hydrogen (secondary N) is 1. The predicted octanol–water partition coefficient (Wildman–Crippen LogP) is 1.70. The van der Waals surface area contributed by atoms with Gasteiger partial charge in [0, 0.05) is 5.69 Å². The normalized spacial score (nSPS) is 13.2. The Kier molecular flexibility index (Phi) is 3.55. The van der Waals surface area contributed by atoms with Crippen molar-refractivity contribution in [1.29, 1.82) is 0 Å². The minimum absolute atomic E-state index is 0.165. The van der Waals surface area contributed by atoms with E-state index in [-0.39, 0.29) is 17.1 Å². The zero-order chi connectivity index (χ0) is 12.3. The van der Waals surface area contributed by atoms with Crippen molar-refractivity contribution in [2.24, 2.45) is 11.1 Å². The fourth-order valence-electron chi connectivity index (χ4n) is 1.16. The highest BCUT2D eigenvalue weighted by molar-refractivity contribution is 5.95. The third kappa shape index (κ3) is 3.24. The molecule has 4 heteroatoms. The Morgan fingerprint density at radius 3 is 2.25 bits per heavy atom. The summed E-state index contributed by atoms with van der Waals surface area (Å²) in [5.74, 6) is -0.0590. The Labute approximate surface area is 95.5 Å². The molecule has 1 rings (SSSR count). The highest BCUT2D eigenvalue weighted by Gasteiger charge is 2.27. The van der Waals surface area contributed by atoms with Crippen LogP contribution in [0.5, 0.6) is 5.75 Å². The van der Waals surface area contributed by atoms with Gasteiger partial charge in [0.25, 0.3) is 0 Å². The second-order valence-electron chi connectivity index (χ2n) is 4.88.